The van der Waals surface area contributed by atoms with Crippen molar-refractivity contribution in [2.45, 2.75) is 103 Å². The maximum Gasteiger partial charge on any atom is 0.242 e. The van der Waals surface area contributed by atoms with Crippen LogP contribution in [0, 0.1) is 17.8 Å². The quantitative estimate of drug-likeness (QED) is 0.184. The molecule has 306 valence electrons. The van der Waals surface area contributed by atoms with Crippen LogP contribution >= 0.6 is 11.3 Å². The number of likely N-dealkylation sites (N-methyl/N-ethyl adjacent to an activating group) is 1. The number of hydrogen-bond acceptors (Lipinski definition) is 10. The second-order valence-electron chi connectivity index (χ2n) is 15.5. The Morgan fingerprint density at radius 1 is 1.02 bits per heavy atom. The molecule has 2 aliphatic rings. The van der Waals surface area contributed by atoms with E-state index in [-0.39, 0.29) is 66.6 Å². The Morgan fingerprint density at radius 2 is 1.73 bits per heavy atom. The number of carbonyl (C=O) groups excluding carboxylic acids is 4. The molecule has 1 aromatic heterocycles. The highest BCUT2D eigenvalue weighted by Gasteiger charge is 2.42. The first-order valence-corrected chi connectivity index (χ1v) is 20.9. The van der Waals surface area contributed by atoms with E-state index in [0.717, 1.165) is 49.6 Å². The van der Waals surface area contributed by atoms with Crippen LogP contribution in [0.15, 0.2) is 41.9 Å². The molecule has 4 rings (SSSR count). The number of benzene rings is 1. The van der Waals surface area contributed by atoms with E-state index in [4.69, 9.17) is 9.47 Å². The SMILES string of the molecule is CCC(C)C(C(CC(=O)N1CCCC1C(OC)C(C)C(=O)NC(Cc1ccccc1)c1nccs1)OC)N(C)C(=O)CNC(=O)C(C(C)C)N1CCNCC1. The average Bonchev–Trinajstić information content (AvgIpc) is 3.91. The molecule has 0 saturated carbocycles. The van der Waals surface area contributed by atoms with Gasteiger partial charge in [0.15, 0.2) is 0 Å². The van der Waals surface area contributed by atoms with E-state index >= 15 is 0 Å². The normalized spacial score (nSPS) is 20.2. The van der Waals surface area contributed by atoms with E-state index in [9.17, 15) is 19.2 Å². The number of thiazole rings is 1. The average molecular weight is 784 g/mol. The van der Waals surface area contributed by atoms with Crippen molar-refractivity contribution in [3.63, 3.8) is 0 Å². The third kappa shape index (κ3) is 11.8. The molecule has 0 radical (unpaired) electrons. The predicted octanol–water partition coefficient (Wildman–Crippen LogP) is 3.51. The van der Waals surface area contributed by atoms with E-state index in [1.807, 2.05) is 61.4 Å². The zero-order chi connectivity index (χ0) is 40.1. The van der Waals surface area contributed by atoms with Gasteiger partial charge in [-0.1, -0.05) is 71.4 Å². The van der Waals surface area contributed by atoms with Gasteiger partial charge in [0.1, 0.15) is 5.01 Å². The minimum atomic E-state index is -0.587. The Kier molecular flexibility index (Phi) is 17.5. The van der Waals surface area contributed by atoms with Crippen molar-refractivity contribution in [1.82, 2.24) is 35.6 Å². The van der Waals surface area contributed by atoms with Crippen LogP contribution in [0.1, 0.15) is 76.9 Å². The summed E-state index contributed by atoms with van der Waals surface area (Å²) in [6.07, 6.45) is 3.55. The van der Waals surface area contributed by atoms with E-state index in [1.54, 1.807) is 32.4 Å². The number of hydrogen-bond donors (Lipinski definition) is 3. The van der Waals surface area contributed by atoms with Crippen molar-refractivity contribution < 1.29 is 28.7 Å². The Balaban J connectivity index is 1.42. The van der Waals surface area contributed by atoms with Gasteiger partial charge in [0.2, 0.25) is 23.6 Å². The van der Waals surface area contributed by atoms with Crippen LogP contribution in [-0.4, -0.2) is 134 Å². The summed E-state index contributed by atoms with van der Waals surface area (Å²) in [5, 5.41) is 12.2. The van der Waals surface area contributed by atoms with Gasteiger partial charge in [0.05, 0.1) is 55.3 Å². The molecule has 2 aliphatic heterocycles. The lowest BCUT2D eigenvalue weighted by atomic mass is 9.90. The summed E-state index contributed by atoms with van der Waals surface area (Å²) in [5.41, 5.74) is 1.09. The van der Waals surface area contributed by atoms with Gasteiger partial charge in [0.25, 0.3) is 0 Å². The van der Waals surface area contributed by atoms with Crippen LogP contribution < -0.4 is 16.0 Å². The zero-order valence-electron chi connectivity index (χ0n) is 34.2. The number of amides is 4. The Hall–Kier alpha value is -3.43. The van der Waals surface area contributed by atoms with Crippen molar-refractivity contribution in [2.75, 3.05) is 60.5 Å². The van der Waals surface area contributed by atoms with Gasteiger partial charge in [0, 0.05) is 65.6 Å². The first-order valence-electron chi connectivity index (χ1n) is 20.0. The molecular weight excluding hydrogens is 719 g/mol. The predicted molar refractivity (Wildman–Crippen MR) is 215 cm³/mol. The van der Waals surface area contributed by atoms with Crippen molar-refractivity contribution in [3.8, 4) is 0 Å². The van der Waals surface area contributed by atoms with Crippen LogP contribution in [0.4, 0.5) is 0 Å². The molecule has 13 nitrogen and oxygen atoms in total. The fourth-order valence-electron chi connectivity index (χ4n) is 8.33. The Morgan fingerprint density at radius 3 is 2.33 bits per heavy atom. The van der Waals surface area contributed by atoms with Crippen molar-refractivity contribution in [2.24, 2.45) is 17.8 Å². The molecule has 8 unspecified atom stereocenters. The number of likely N-dealkylation sites (tertiary alicyclic amines) is 1. The number of ether oxygens (including phenoxy) is 2. The number of nitrogens with one attached hydrogen (secondary N) is 3. The van der Waals surface area contributed by atoms with Crippen LogP contribution in [0.3, 0.4) is 0 Å². The number of carbonyl (C=O) groups is 4. The third-order valence-corrected chi connectivity index (χ3v) is 12.4. The third-order valence-electron chi connectivity index (χ3n) is 11.5. The Labute approximate surface area is 332 Å². The maximum absolute atomic E-state index is 14.2. The smallest absolute Gasteiger partial charge is 0.242 e. The summed E-state index contributed by atoms with van der Waals surface area (Å²) in [6.45, 7) is 13.6. The lowest BCUT2D eigenvalue weighted by molar-refractivity contribution is -0.146. The number of methoxy groups -OCH3 is 2. The molecule has 2 saturated heterocycles. The number of aromatic nitrogens is 1. The fourth-order valence-corrected chi connectivity index (χ4v) is 9.02. The van der Waals surface area contributed by atoms with Gasteiger partial charge in [-0.25, -0.2) is 4.98 Å². The minimum absolute atomic E-state index is 0.0122. The van der Waals surface area contributed by atoms with E-state index in [0.29, 0.717) is 19.4 Å². The second-order valence-corrected chi connectivity index (χ2v) is 16.4. The molecule has 1 aromatic carbocycles. The second kappa shape index (κ2) is 21.8. The van der Waals surface area contributed by atoms with Crippen LogP contribution in [0.2, 0.25) is 0 Å². The number of rotatable bonds is 20. The molecule has 2 aromatic rings. The van der Waals surface area contributed by atoms with E-state index in [2.05, 4.69) is 39.7 Å². The largest absolute Gasteiger partial charge is 0.379 e. The number of piperazine rings is 1. The van der Waals surface area contributed by atoms with Crippen molar-refractivity contribution in [3.05, 3.63) is 52.5 Å². The molecule has 3 N–H and O–H groups in total. The van der Waals surface area contributed by atoms with E-state index < -0.39 is 24.2 Å². The molecule has 0 spiro atoms. The van der Waals surface area contributed by atoms with Gasteiger partial charge in [-0.15, -0.1) is 11.3 Å². The fraction of sp³-hybridized carbons (Fsp3) is 0.683. The van der Waals surface area contributed by atoms with Crippen molar-refractivity contribution >= 4 is 35.0 Å². The number of nitrogens with zero attached hydrogens (tertiary/aromatic N) is 4. The highest BCUT2D eigenvalue weighted by atomic mass is 32.1. The highest BCUT2D eigenvalue weighted by Crippen LogP contribution is 2.30. The lowest BCUT2D eigenvalue weighted by Gasteiger charge is -2.39. The monoisotopic (exact) mass is 783 g/mol. The molecule has 0 aliphatic carbocycles. The summed E-state index contributed by atoms with van der Waals surface area (Å²) >= 11 is 1.51. The van der Waals surface area contributed by atoms with Crippen molar-refractivity contribution in [1.29, 1.82) is 0 Å². The van der Waals surface area contributed by atoms with Gasteiger partial charge in [-0.05, 0) is 36.7 Å². The van der Waals surface area contributed by atoms with Gasteiger partial charge >= 0.3 is 0 Å². The summed E-state index contributed by atoms with van der Waals surface area (Å²) in [4.78, 5) is 65.3. The summed E-state index contributed by atoms with van der Waals surface area (Å²) in [5.74, 6) is -1.10. The Bertz CT molecular complexity index is 1490. The summed E-state index contributed by atoms with van der Waals surface area (Å²) in [6, 6.07) is 8.69. The molecule has 4 amide bonds. The topological polar surface area (TPSA) is 145 Å². The molecule has 0 bridgehead atoms. The molecule has 14 heteroatoms. The van der Waals surface area contributed by atoms with Crippen LogP contribution in [-0.2, 0) is 35.1 Å². The summed E-state index contributed by atoms with van der Waals surface area (Å²) in [7, 11) is 4.91. The molecule has 55 heavy (non-hydrogen) atoms. The first kappa shape index (κ1) is 44.3. The van der Waals surface area contributed by atoms with E-state index in [1.165, 1.54) is 11.3 Å². The molecular formula is C41H65N7O6S. The molecule has 3 heterocycles. The van der Waals surface area contributed by atoms with Crippen LogP contribution in [0.25, 0.3) is 0 Å². The zero-order valence-corrected chi connectivity index (χ0v) is 35.0. The lowest BCUT2D eigenvalue weighted by Crippen LogP contribution is -2.57. The summed E-state index contributed by atoms with van der Waals surface area (Å²) < 4.78 is 12.0. The van der Waals surface area contributed by atoms with Gasteiger partial charge < -0.3 is 35.2 Å². The van der Waals surface area contributed by atoms with Gasteiger partial charge in [-0.3, -0.25) is 24.1 Å². The van der Waals surface area contributed by atoms with Gasteiger partial charge in [-0.2, -0.15) is 0 Å². The first-order chi connectivity index (χ1) is 26.4. The highest BCUT2D eigenvalue weighted by molar-refractivity contribution is 7.09. The standard InChI is InChI=1S/C41H65N7O6S/c1-9-28(4)37(46(6)35(50)26-44-40(52)36(27(2)3)47-21-17-42-18-22-47)33(53-7)25-34(49)48-20-13-16-32(48)38(54-8)29(5)39(51)45-31(41-43-19-23-55-41)24-30-14-11-10-12-15-30/h10-12,14-15,19,23,27-29,31-33,36-38,42H,9,13,16-18,20-22,24-26H2,1-8H3,(H,44,52)(H,45,51). The maximum atomic E-state index is 14.2. The molecule has 2 fully saturated rings. The molecule has 8 atom stereocenters. The van der Waals surface area contributed by atoms with Crippen LogP contribution in [0.5, 0.6) is 0 Å². The minimum Gasteiger partial charge on any atom is -0.379 e.